The molecule has 0 aliphatic heterocycles. The van der Waals surface area contributed by atoms with E-state index in [1.165, 1.54) is 0 Å². The van der Waals surface area contributed by atoms with Crippen LogP contribution in [0.5, 0.6) is 0 Å². The van der Waals surface area contributed by atoms with E-state index < -0.39 is 23.6 Å². The van der Waals surface area contributed by atoms with Gasteiger partial charge in [-0.2, -0.15) is 0 Å². The van der Waals surface area contributed by atoms with Gasteiger partial charge in [0.1, 0.15) is 0 Å². The van der Waals surface area contributed by atoms with Crippen LogP contribution in [-0.4, -0.2) is 36.2 Å². The third kappa shape index (κ3) is 6.07. The lowest BCUT2D eigenvalue weighted by atomic mass is 10.1. The Morgan fingerprint density at radius 1 is 0.958 bits per heavy atom. The van der Waals surface area contributed by atoms with Gasteiger partial charge in [-0.1, -0.05) is 6.07 Å². The second kappa shape index (κ2) is 8.66. The molecule has 1 aromatic carbocycles. The second-order valence-electron chi connectivity index (χ2n) is 5.61. The van der Waals surface area contributed by atoms with Gasteiger partial charge in [0.15, 0.2) is 0 Å². The molecule has 8 heteroatoms. The van der Waals surface area contributed by atoms with E-state index in [1.807, 2.05) is 30.8 Å². The van der Waals surface area contributed by atoms with Crippen molar-refractivity contribution in [2.45, 2.75) is 33.7 Å². The number of hydrazine groups is 1. The minimum absolute atomic E-state index is 0.198. The van der Waals surface area contributed by atoms with E-state index in [1.54, 1.807) is 26.0 Å². The van der Waals surface area contributed by atoms with E-state index >= 15 is 0 Å². The molecule has 130 valence electrons. The predicted molar refractivity (Wildman–Crippen MR) is 87.8 cm³/mol. The quantitative estimate of drug-likeness (QED) is 0.447. The maximum Gasteiger partial charge on any atom is 0.327 e. The highest BCUT2D eigenvalue weighted by molar-refractivity contribution is 6.35. The summed E-state index contributed by atoms with van der Waals surface area (Å²) >= 11 is 0. The highest BCUT2D eigenvalue weighted by atomic mass is 16.2. The van der Waals surface area contributed by atoms with Crippen molar-refractivity contribution in [3.05, 3.63) is 34.9 Å². The van der Waals surface area contributed by atoms with Gasteiger partial charge in [0.25, 0.3) is 11.8 Å². The summed E-state index contributed by atoms with van der Waals surface area (Å²) in [7, 11) is 0. The normalized spacial score (nSPS) is 10.0. The van der Waals surface area contributed by atoms with Crippen molar-refractivity contribution in [1.82, 2.24) is 21.5 Å². The number of hydrogen-bond acceptors (Lipinski definition) is 4. The van der Waals surface area contributed by atoms with Crippen LogP contribution in [0.4, 0.5) is 0 Å². The molecule has 0 saturated carbocycles. The van der Waals surface area contributed by atoms with Gasteiger partial charge >= 0.3 is 11.8 Å². The zero-order valence-electron chi connectivity index (χ0n) is 14.1. The molecule has 0 spiro atoms. The van der Waals surface area contributed by atoms with Crippen molar-refractivity contribution in [1.29, 1.82) is 0 Å². The molecule has 0 radical (unpaired) electrons. The van der Waals surface area contributed by atoms with Crippen LogP contribution in [0.15, 0.2) is 18.2 Å². The van der Waals surface area contributed by atoms with Crippen LogP contribution < -0.4 is 21.5 Å². The van der Waals surface area contributed by atoms with Crippen LogP contribution in [-0.2, 0) is 14.4 Å². The first-order valence-electron chi connectivity index (χ1n) is 7.46. The molecule has 0 aliphatic carbocycles. The van der Waals surface area contributed by atoms with Crippen LogP contribution in [0.1, 0.15) is 35.3 Å². The average molecular weight is 334 g/mol. The highest BCUT2D eigenvalue weighted by Crippen LogP contribution is 2.09. The molecule has 0 fully saturated rings. The molecular weight excluding hydrogens is 312 g/mol. The Kier molecular flexibility index (Phi) is 6.91. The highest BCUT2D eigenvalue weighted by Gasteiger charge is 2.15. The Hall–Kier alpha value is -2.90. The molecule has 0 heterocycles. The lowest BCUT2D eigenvalue weighted by Crippen LogP contribution is -2.51. The standard InChI is InChI=1S/C16H22N4O4/c1-9(2)18-15(23)16(24)20-19-13(21)8-17-14(22)12-6-5-10(3)11(4)7-12/h5-7,9H,8H2,1-4H3,(H,17,22)(H,18,23)(H,19,21)(H,20,24). The van der Waals surface area contributed by atoms with Gasteiger partial charge in [-0.15, -0.1) is 0 Å². The summed E-state index contributed by atoms with van der Waals surface area (Å²) in [5.74, 6) is -2.91. The van der Waals surface area contributed by atoms with E-state index in [4.69, 9.17) is 0 Å². The fourth-order valence-corrected chi connectivity index (χ4v) is 1.70. The molecule has 0 unspecified atom stereocenters. The first-order valence-corrected chi connectivity index (χ1v) is 7.46. The summed E-state index contributed by atoms with van der Waals surface area (Å²) in [5, 5.41) is 4.80. The Balaban J connectivity index is 2.40. The van der Waals surface area contributed by atoms with Crippen molar-refractivity contribution >= 4 is 23.6 Å². The zero-order valence-corrected chi connectivity index (χ0v) is 14.1. The molecule has 0 aliphatic rings. The van der Waals surface area contributed by atoms with Crippen molar-refractivity contribution in [2.75, 3.05) is 6.54 Å². The number of carbonyl (C=O) groups is 4. The van der Waals surface area contributed by atoms with Gasteiger partial charge in [0, 0.05) is 11.6 Å². The second-order valence-corrected chi connectivity index (χ2v) is 5.61. The Morgan fingerprint density at radius 3 is 2.21 bits per heavy atom. The maximum atomic E-state index is 11.9. The molecule has 24 heavy (non-hydrogen) atoms. The minimum atomic E-state index is -0.988. The van der Waals surface area contributed by atoms with Gasteiger partial charge in [0.2, 0.25) is 0 Å². The van der Waals surface area contributed by atoms with Gasteiger partial charge < -0.3 is 10.6 Å². The number of aryl methyl sites for hydroxylation is 2. The summed E-state index contributed by atoms with van der Waals surface area (Å²) in [6, 6.07) is 5.00. The van der Waals surface area contributed by atoms with Gasteiger partial charge in [-0.05, 0) is 51.0 Å². The van der Waals surface area contributed by atoms with Crippen LogP contribution >= 0.6 is 0 Å². The smallest absolute Gasteiger partial charge is 0.327 e. The van der Waals surface area contributed by atoms with Crippen LogP contribution in [0.2, 0.25) is 0 Å². The van der Waals surface area contributed by atoms with E-state index in [0.29, 0.717) is 5.56 Å². The van der Waals surface area contributed by atoms with Gasteiger partial charge in [-0.25, -0.2) is 0 Å². The summed E-state index contributed by atoms with van der Waals surface area (Å²) in [6.07, 6.45) is 0. The van der Waals surface area contributed by atoms with E-state index in [0.717, 1.165) is 11.1 Å². The summed E-state index contributed by atoms with van der Waals surface area (Å²) in [6.45, 7) is 6.88. The van der Waals surface area contributed by atoms with Gasteiger partial charge in [-0.3, -0.25) is 30.0 Å². The fourth-order valence-electron chi connectivity index (χ4n) is 1.70. The lowest BCUT2D eigenvalue weighted by Gasteiger charge is -2.10. The van der Waals surface area contributed by atoms with Crippen LogP contribution in [0.3, 0.4) is 0 Å². The summed E-state index contributed by atoms with van der Waals surface area (Å²) in [4.78, 5) is 46.2. The molecule has 4 N–H and O–H groups in total. The van der Waals surface area contributed by atoms with Crippen molar-refractivity contribution < 1.29 is 19.2 Å². The van der Waals surface area contributed by atoms with Gasteiger partial charge in [0.05, 0.1) is 6.54 Å². The first kappa shape index (κ1) is 19.1. The van der Waals surface area contributed by atoms with Crippen LogP contribution in [0, 0.1) is 13.8 Å². The molecule has 0 saturated heterocycles. The number of benzene rings is 1. The molecule has 0 atom stereocenters. The van der Waals surface area contributed by atoms with Crippen LogP contribution in [0.25, 0.3) is 0 Å². The van der Waals surface area contributed by atoms with E-state index in [-0.39, 0.29) is 12.6 Å². The third-order valence-corrected chi connectivity index (χ3v) is 3.12. The number of rotatable bonds is 4. The summed E-state index contributed by atoms with van der Waals surface area (Å²) in [5.41, 5.74) is 6.48. The molecule has 4 amide bonds. The monoisotopic (exact) mass is 334 g/mol. The van der Waals surface area contributed by atoms with Crippen molar-refractivity contribution in [3.8, 4) is 0 Å². The van der Waals surface area contributed by atoms with Crippen molar-refractivity contribution in [2.24, 2.45) is 0 Å². The topological polar surface area (TPSA) is 116 Å². The minimum Gasteiger partial charge on any atom is -0.346 e. The number of hydrogen-bond donors (Lipinski definition) is 4. The lowest BCUT2D eigenvalue weighted by molar-refractivity contribution is -0.141. The SMILES string of the molecule is Cc1ccc(C(=O)NCC(=O)NNC(=O)C(=O)NC(C)C)cc1C. The summed E-state index contributed by atoms with van der Waals surface area (Å²) < 4.78 is 0. The number of amides is 4. The predicted octanol–water partition coefficient (Wildman–Crippen LogP) is -0.295. The first-order chi connectivity index (χ1) is 11.2. The van der Waals surface area contributed by atoms with E-state index in [9.17, 15) is 19.2 Å². The Labute approximate surface area is 140 Å². The largest absolute Gasteiger partial charge is 0.346 e. The molecule has 8 nitrogen and oxygen atoms in total. The molecule has 1 aromatic rings. The number of nitrogens with one attached hydrogen (secondary N) is 4. The number of carbonyl (C=O) groups excluding carboxylic acids is 4. The third-order valence-electron chi connectivity index (χ3n) is 3.12. The molecule has 0 bridgehead atoms. The Bertz CT molecular complexity index is 655. The van der Waals surface area contributed by atoms with E-state index in [2.05, 4.69) is 10.6 Å². The molecule has 1 rings (SSSR count). The fraction of sp³-hybridized carbons (Fsp3) is 0.375. The van der Waals surface area contributed by atoms with Crippen molar-refractivity contribution in [3.63, 3.8) is 0 Å². The molecular formula is C16H22N4O4. The Morgan fingerprint density at radius 2 is 1.62 bits per heavy atom. The molecule has 0 aromatic heterocycles. The zero-order chi connectivity index (χ0) is 18.3. The maximum absolute atomic E-state index is 11.9. The average Bonchev–Trinajstić information content (AvgIpc) is 2.52.